The Morgan fingerprint density at radius 3 is 2.58 bits per heavy atom. The number of sulfonamides is 1. The van der Waals surface area contributed by atoms with Crippen LogP contribution in [0.5, 0.6) is 11.5 Å². The Morgan fingerprint density at radius 1 is 1.10 bits per heavy atom. The molecule has 0 saturated carbocycles. The Labute approximate surface area is 175 Å². The largest absolute Gasteiger partial charge is 0.450 e. The lowest BCUT2D eigenvalue weighted by Crippen LogP contribution is -2.13. The van der Waals surface area contributed by atoms with Crippen molar-refractivity contribution in [3.8, 4) is 22.8 Å². The van der Waals surface area contributed by atoms with E-state index in [1.54, 1.807) is 23.6 Å². The molecule has 0 aliphatic heterocycles. The monoisotopic (exact) mass is 446 g/mol. The molecular weight excluding hydrogens is 430 g/mol. The zero-order chi connectivity index (χ0) is 22.3. The Hall–Kier alpha value is -3.67. The topological polar surface area (TPSA) is 111 Å². The van der Waals surface area contributed by atoms with Gasteiger partial charge < -0.3 is 4.74 Å². The van der Waals surface area contributed by atoms with Crippen LogP contribution < -0.4 is 9.46 Å². The van der Waals surface area contributed by atoms with Crippen molar-refractivity contribution in [3.63, 3.8) is 0 Å². The van der Waals surface area contributed by atoms with E-state index in [2.05, 4.69) is 24.9 Å². The normalized spacial score (nSPS) is 11.6. The number of pyridine rings is 1. The van der Waals surface area contributed by atoms with Crippen LogP contribution in [0.2, 0.25) is 0 Å². The molecule has 0 unspecified atom stereocenters. The Kier molecular flexibility index (Phi) is 5.01. The second-order valence-electron chi connectivity index (χ2n) is 6.81. The number of rotatable bonds is 5. The SMILES string of the molecule is Cc1cc(-c2nc(NS(C)(=O)=O)ncc2Oc2ccc(F)cc2F)cn2c(C)nnc12. The van der Waals surface area contributed by atoms with Gasteiger partial charge in [-0.1, -0.05) is 0 Å². The van der Waals surface area contributed by atoms with Crippen LogP contribution in [-0.2, 0) is 10.0 Å². The van der Waals surface area contributed by atoms with Crippen LogP contribution in [-0.4, -0.2) is 39.2 Å². The van der Waals surface area contributed by atoms with E-state index in [1.807, 2.05) is 6.92 Å². The number of nitrogens with one attached hydrogen (secondary N) is 1. The summed E-state index contributed by atoms with van der Waals surface area (Å²) in [7, 11) is -3.64. The fraction of sp³-hybridized carbons (Fsp3) is 0.158. The van der Waals surface area contributed by atoms with Crippen molar-refractivity contribution < 1.29 is 21.9 Å². The van der Waals surface area contributed by atoms with E-state index in [-0.39, 0.29) is 23.1 Å². The van der Waals surface area contributed by atoms with Crippen LogP contribution in [0.4, 0.5) is 14.7 Å². The van der Waals surface area contributed by atoms with E-state index in [1.165, 1.54) is 6.20 Å². The molecular formula is C19H16F2N6O3S. The molecule has 1 aromatic carbocycles. The number of aromatic nitrogens is 5. The first-order chi connectivity index (χ1) is 14.6. The molecule has 0 bridgehead atoms. The summed E-state index contributed by atoms with van der Waals surface area (Å²) in [5, 5.41) is 8.14. The second-order valence-corrected chi connectivity index (χ2v) is 8.56. The zero-order valence-electron chi connectivity index (χ0n) is 16.6. The molecule has 3 aromatic heterocycles. The molecule has 0 radical (unpaired) electrons. The van der Waals surface area contributed by atoms with Crippen molar-refractivity contribution >= 4 is 21.6 Å². The lowest BCUT2D eigenvalue weighted by Gasteiger charge is -2.13. The van der Waals surface area contributed by atoms with Gasteiger partial charge in [0.2, 0.25) is 16.0 Å². The van der Waals surface area contributed by atoms with Gasteiger partial charge in [0.15, 0.2) is 23.0 Å². The van der Waals surface area contributed by atoms with Crippen molar-refractivity contribution in [2.24, 2.45) is 0 Å². The zero-order valence-corrected chi connectivity index (χ0v) is 17.4. The van der Waals surface area contributed by atoms with Crippen LogP contribution >= 0.6 is 0 Å². The van der Waals surface area contributed by atoms with Crippen molar-refractivity contribution in [1.82, 2.24) is 24.6 Å². The number of hydrogen-bond acceptors (Lipinski definition) is 7. The van der Waals surface area contributed by atoms with Crippen molar-refractivity contribution in [1.29, 1.82) is 0 Å². The lowest BCUT2D eigenvalue weighted by atomic mass is 10.1. The molecule has 0 aliphatic carbocycles. The van der Waals surface area contributed by atoms with E-state index < -0.39 is 21.7 Å². The molecule has 0 aliphatic rings. The van der Waals surface area contributed by atoms with Gasteiger partial charge in [-0.05, 0) is 37.6 Å². The minimum atomic E-state index is -3.64. The summed E-state index contributed by atoms with van der Waals surface area (Å²) in [5.41, 5.74) is 2.11. The molecule has 0 amide bonds. The Morgan fingerprint density at radius 2 is 1.87 bits per heavy atom. The van der Waals surface area contributed by atoms with E-state index in [9.17, 15) is 17.2 Å². The highest BCUT2D eigenvalue weighted by Crippen LogP contribution is 2.34. The summed E-state index contributed by atoms with van der Waals surface area (Å²) in [5.74, 6) is -1.44. The van der Waals surface area contributed by atoms with Gasteiger partial charge in [0.1, 0.15) is 17.3 Å². The van der Waals surface area contributed by atoms with Crippen LogP contribution in [0.1, 0.15) is 11.4 Å². The molecule has 0 saturated heterocycles. The van der Waals surface area contributed by atoms with Gasteiger partial charge in [0.05, 0.1) is 12.5 Å². The number of ether oxygens (including phenoxy) is 1. The molecule has 31 heavy (non-hydrogen) atoms. The number of anilines is 1. The molecule has 0 atom stereocenters. The molecule has 4 aromatic rings. The Balaban J connectivity index is 1.88. The van der Waals surface area contributed by atoms with Gasteiger partial charge in [-0.3, -0.25) is 9.12 Å². The first-order valence-corrected chi connectivity index (χ1v) is 10.8. The molecule has 4 rings (SSSR count). The van der Waals surface area contributed by atoms with E-state index >= 15 is 0 Å². The minimum absolute atomic E-state index is 0.0361. The van der Waals surface area contributed by atoms with Crippen molar-refractivity contribution in [3.05, 3.63) is 59.7 Å². The van der Waals surface area contributed by atoms with Gasteiger partial charge >= 0.3 is 0 Å². The summed E-state index contributed by atoms with van der Waals surface area (Å²) in [4.78, 5) is 8.19. The standard InChI is InChI=1S/C19H16F2N6O3S/c1-10-6-12(9-27-11(2)24-25-18(10)27)17-16(8-22-19(23-17)26-31(3,28)29)30-15-5-4-13(20)7-14(15)21/h4-9H,1-3H3,(H,22,23,26). The molecule has 9 nitrogen and oxygen atoms in total. The van der Waals surface area contributed by atoms with Gasteiger partial charge in [-0.25, -0.2) is 27.2 Å². The number of nitrogens with zero attached hydrogens (tertiary/aromatic N) is 5. The summed E-state index contributed by atoms with van der Waals surface area (Å²) in [6.45, 7) is 3.59. The quantitative estimate of drug-likeness (QED) is 0.501. The third-order valence-electron chi connectivity index (χ3n) is 4.28. The van der Waals surface area contributed by atoms with Crippen LogP contribution in [0.25, 0.3) is 16.9 Å². The Bertz CT molecular complexity index is 1420. The first-order valence-electron chi connectivity index (χ1n) is 8.91. The van der Waals surface area contributed by atoms with Crippen LogP contribution in [0.15, 0.2) is 36.7 Å². The molecule has 1 N–H and O–H groups in total. The average molecular weight is 446 g/mol. The second kappa shape index (κ2) is 7.54. The number of benzene rings is 1. The summed E-state index contributed by atoms with van der Waals surface area (Å²) in [6, 6.07) is 4.63. The smallest absolute Gasteiger partial charge is 0.237 e. The average Bonchev–Trinajstić information content (AvgIpc) is 3.05. The highest BCUT2D eigenvalue weighted by molar-refractivity contribution is 7.91. The number of halogens is 2. The number of hydrogen-bond donors (Lipinski definition) is 1. The molecule has 3 heterocycles. The fourth-order valence-corrected chi connectivity index (χ4v) is 3.37. The first kappa shape index (κ1) is 20.6. The molecule has 0 fully saturated rings. The summed E-state index contributed by atoms with van der Waals surface area (Å²) < 4.78 is 60.1. The van der Waals surface area contributed by atoms with Gasteiger partial charge in [-0.2, -0.15) is 0 Å². The predicted molar refractivity (Wildman–Crippen MR) is 108 cm³/mol. The highest BCUT2D eigenvalue weighted by Gasteiger charge is 2.18. The van der Waals surface area contributed by atoms with E-state index in [0.717, 1.165) is 24.0 Å². The number of fused-ring (bicyclic) bond motifs is 1. The van der Waals surface area contributed by atoms with Gasteiger partial charge in [-0.15, -0.1) is 10.2 Å². The van der Waals surface area contributed by atoms with Crippen LogP contribution in [0, 0.1) is 25.5 Å². The number of aryl methyl sites for hydroxylation is 2. The molecule has 0 spiro atoms. The third kappa shape index (κ3) is 4.28. The van der Waals surface area contributed by atoms with Gasteiger partial charge in [0.25, 0.3) is 0 Å². The maximum Gasteiger partial charge on any atom is 0.237 e. The van der Waals surface area contributed by atoms with Crippen LogP contribution in [0.3, 0.4) is 0 Å². The summed E-state index contributed by atoms with van der Waals surface area (Å²) >= 11 is 0. The predicted octanol–water partition coefficient (Wildman–Crippen LogP) is 3.25. The van der Waals surface area contributed by atoms with Crippen molar-refractivity contribution in [2.75, 3.05) is 11.0 Å². The molecule has 12 heteroatoms. The van der Waals surface area contributed by atoms with E-state index in [0.29, 0.717) is 23.1 Å². The maximum atomic E-state index is 14.1. The minimum Gasteiger partial charge on any atom is -0.450 e. The third-order valence-corrected chi connectivity index (χ3v) is 4.83. The highest BCUT2D eigenvalue weighted by atomic mass is 32.2. The maximum absolute atomic E-state index is 14.1. The fourth-order valence-electron chi connectivity index (χ4n) is 2.94. The summed E-state index contributed by atoms with van der Waals surface area (Å²) in [6.07, 6.45) is 3.86. The van der Waals surface area contributed by atoms with Gasteiger partial charge in [0, 0.05) is 17.8 Å². The van der Waals surface area contributed by atoms with E-state index in [4.69, 9.17) is 4.74 Å². The lowest BCUT2D eigenvalue weighted by molar-refractivity contribution is 0.436. The molecule has 160 valence electrons. The van der Waals surface area contributed by atoms with Crippen molar-refractivity contribution in [2.45, 2.75) is 13.8 Å².